The summed E-state index contributed by atoms with van der Waals surface area (Å²) in [5.74, 6) is 0.252. The molecule has 0 spiro atoms. The molecule has 0 bridgehead atoms. The highest BCUT2D eigenvalue weighted by atomic mass is 32.2. The van der Waals surface area contributed by atoms with Crippen LogP contribution < -0.4 is 5.73 Å². The second-order valence-electron chi connectivity index (χ2n) is 5.05. The van der Waals surface area contributed by atoms with E-state index in [0.717, 1.165) is 12.0 Å². The number of nitrogens with two attached hydrogens (primary N) is 1. The van der Waals surface area contributed by atoms with Crippen LogP contribution in [0.4, 0.5) is 5.69 Å². The lowest BCUT2D eigenvalue weighted by Gasteiger charge is -2.17. The molecule has 0 amide bonds. The van der Waals surface area contributed by atoms with E-state index in [2.05, 4.69) is 0 Å². The summed E-state index contributed by atoms with van der Waals surface area (Å²) < 4.78 is 26.4. The summed E-state index contributed by atoms with van der Waals surface area (Å²) >= 11 is 0. The number of benzene rings is 1. The van der Waals surface area contributed by atoms with Crippen LogP contribution in [0.25, 0.3) is 0 Å². The molecule has 1 atom stereocenters. The smallest absolute Gasteiger partial charge is 0.243 e. The third kappa shape index (κ3) is 2.91. The van der Waals surface area contributed by atoms with Crippen molar-refractivity contribution in [2.75, 3.05) is 25.4 Å². The quantitative estimate of drug-likeness (QED) is 0.807. The first-order chi connectivity index (χ1) is 8.95. The van der Waals surface area contributed by atoms with Crippen LogP contribution in [-0.4, -0.2) is 37.5 Å². The molecule has 106 valence electrons. The first-order valence-corrected chi connectivity index (χ1v) is 7.86. The Morgan fingerprint density at radius 2 is 2.21 bits per heavy atom. The lowest BCUT2D eigenvalue weighted by Crippen LogP contribution is -2.29. The van der Waals surface area contributed by atoms with Gasteiger partial charge in [0.25, 0.3) is 0 Å². The number of nitrogens with zero attached hydrogens (tertiary/aromatic N) is 1. The van der Waals surface area contributed by atoms with Gasteiger partial charge in [0.1, 0.15) is 0 Å². The van der Waals surface area contributed by atoms with Crippen molar-refractivity contribution in [3.05, 3.63) is 23.8 Å². The van der Waals surface area contributed by atoms with Crippen LogP contribution in [0.1, 0.15) is 18.4 Å². The number of anilines is 1. The van der Waals surface area contributed by atoms with Crippen molar-refractivity contribution in [1.29, 1.82) is 0 Å². The van der Waals surface area contributed by atoms with Gasteiger partial charge < -0.3 is 10.8 Å². The Morgan fingerprint density at radius 3 is 2.84 bits per heavy atom. The molecule has 1 aromatic rings. The molecule has 1 saturated heterocycles. The second-order valence-corrected chi connectivity index (χ2v) is 6.99. The normalized spacial score (nSPS) is 20.8. The number of aliphatic hydroxyl groups excluding tert-OH is 1. The lowest BCUT2D eigenvalue weighted by atomic mass is 10.1. The molecule has 1 aliphatic rings. The topological polar surface area (TPSA) is 83.6 Å². The van der Waals surface area contributed by atoms with Crippen LogP contribution in [0.5, 0.6) is 0 Å². The highest BCUT2D eigenvalue weighted by Gasteiger charge is 2.32. The van der Waals surface area contributed by atoms with Crippen molar-refractivity contribution in [2.45, 2.75) is 24.7 Å². The Hall–Kier alpha value is -1.11. The van der Waals surface area contributed by atoms with Crippen LogP contribution in [-0.2, 0) is 10.0 Å². The molecule has 0 aliphatic carbocycles. The van der Waals surface area contributed by atoms with Crippen LogP contribution in [0.2, 0.25) is 0 Å². The molecule has 0 aromatic heterocycles. The van der Waals surface area contributed by atoms with Crippen LogP contribution in [0, 0.1) is 12.8 Å². The highest BCUT2D eigenvalue weighted by Crippen LogP contribution is 2.27. The zero-order valence-electron chi connectivity index (χ0n) is 11.0. The van der Waals surface area contributed by atoms with Gasteiger partial charge in [-0.3, -0.25) is 0 Å². The molecule has 1 aromatic carbocycles. The van der Waals surface area contributed by atoms with Crippen molar-refractivity contribution >= 4 is 15.7 Å². The molecular weight excluding hydrogens is 264 g/mol. The average molecular weight is 284 g/mol. The highest BCUT2D eigenvalue weighted by molar-refractivity contribution is 7.89. The fourth-order valence-corrected chi connectivity index (χ4v) is 3.93. The Labute approximate surface area is 114 Å². The largest absolute Gasteiger partial charge is 0.398 e. The summed E-state index contributed by atoms with van der Waals surface area (Å²) in [6, 6.07) is 4.84. The number of hydrogen-bond donors (Lipinski definition) is 2. The standard InChI is InChI=1S/C13H20N2O3S/c1-10-2-3-12(8-13(10)14)19(17,18)15-6-4-11(9-15)5-7-16/h2-3,8,11,16H,4-7,9,14H2,1H3. The van der Waals surface area contributed by atoms with Gasteiger partial charge in [0.2, 0.25) is 10.0 Å². The van der Waals surface area contributed by atoms with Gasteiger partial charge in [-0.1, -0.05) is 6.07 Å². The number of hydrogen-bond acceptors (Lipinski definition) is 4. The molecule has 3 N–H and O–H groups in total. The predicted octanol–water partition coefficient (Wildman–Crippen LogP) is 0.970. The monoisotopic (exact) mass is 284 g/mol. The molecule has 0 saturated carbocycles. The minimum absolute atomic E-state index is 0.107. The van der Waals surface area contributed by atoms with Crippen LogP contribution in [0.15, 0.2) is 23.1 Å². The number of rotatable bonds is 4. The van der Waals surface area contributed by atoms with Gasteiger partial charge in [0.05, 0.1) is 4.90 Å². The maximum Gasteiger partial charge on any atom is 0.243 e. The average Bonchev–Trinajstić information content (AvgIpc) is 2.82. The SMILES string of the molecule is Cc1ccc(S(=O)(=O)N2CCC(CCO)C2)cc1N. The molecule has 6 heteroatoms. The Morgan fingerprint density at radius 1 is 1.47 bits per heavy atom. The zero-order chi connectivity index (χ0) is 14.0. The van der Waals surface area contributed by atoms with Gasteiger partial charge >= 0.3 is 0 Å². The summed E-state index contributed by atoms with van der Waals surface area (Å²) in [5, 5.41) is 8.92. The third-order valence-corrected chi connectivity index (χ3v) is 5.54. The van der Waals surface area contributed by atoms with E-state index < -0.39 is 10.0 Å². The molecular formula is C13H20N2O3S. The van der Waals surface area contributed by atoms with Gasteiger partial charge in [-0.05, 0) is 43.4 Å². The summed E-state index contributed by atoms with van der Waals surface area (Å²) in [6.07, 6.45) is 1.46. The summed E-state index contributed by atoms with van der Waals surface area (Å²) in [6.45, 7) is 2.95. The summed E-state index contributed by atoms with van der Waals surface area (Å²) in [5.41, 5.74) is 7.14. The first kappa shape index (κ1) is 14.3. The minimum Gasteiger partial charge on any atom is -0.398 e. The third-order valence-electron chi connectivity index (χ3n) is 3.67. The zero-order valence-corrected chi connectivity index (χ0v) is 11.9. The maximum atomic E-state index is 12.5. The maximum absolute atomic E-state index is 12.5. The van der Waals surface area contributed by atoms with E-state index in [1.54, 1.807) is 12.1 Å². The van der Waals surface area contributed by atoms with E-state index in [0.29, 0.717) is 25.2 Å². The van der Waals surface area contributed by atoms with E-state index in [1.807, 2.05) is 6.92 Å². The molecule has 1 fully saturated rings. The minimum atomic E-state index is -3.46. The van der Waals surface area contributed by atoms with Crippen molar-refractivity contribution in [3.63, 3.8) is 0 Å². The molecule has 2 rings (SSSR count). The Kier molecular flexibility index (Phi) is 4.13. The van der Waals surface area contributed by atoms with Crippen LogP contribution in [0.3, 0.4) is 0 Å². The first-order valence-electron chi connectivity index (χ1n) is 6.42. The van der Waals surface area contributed by atoms with Gasteiger partial charge in [-0.2, -0.15) is 4.31 Å². The lowest BCUT2D eigenvalue weighted by molar-refractivity contribution is 0.259. The molecule has 19 heavy (non-hydrogen) atoms. The summed E-state index contributed by atoms with van der Waals surface area (Å²) in [4.78, 5) is 0.250. The van der Waals surface area contributed by atoms with E-state index in [-0.39, 0.29) is 17.4 Å². The number of aliphatic hydroxyl groups is 1. The molecule has 5 nitrogen and oxygen atoms in total. The van der Waals surface area contributed by atoms with Crippen molar-refractivity contribution < 1.29 is 13.5 Å². The van der Waals surface area contributed by atoms with E-state index in [1.165, 1.54) is 10.4 Å². The predicted molar refractivity (Wildman–Crippen MR) is 74.2 cm³/mol. The number of sulfonamides is 1. The van der Waals surface area contributed by atoms with Gasteiger partial charge in [0, 0.05) is 25.4 Å². The van der Waals surface area contributed by atoms with E-state index in [9.17, 15) is 8.42 Å². The molecule has 1 aliphatic heterocycles. The van der Waals surface area contributed by atoms with Gasteiger partial charge in [0.15, 0.2) is 0 Å². The fourth-order valence-electron chi connectivity index (χ4n) is 2.36. The molecule has 0 radical (unpaired) electrons. The second kappa shape index (κ2) is 5.48. The Balaban J connectivity index is 2.21. The van der Waals surface area contributed by atoms with Gasteiger partial charge in [-0.25, -0.2) is 8.42 Å². The summed E-state index contributed by atoms with van der Waals surface area (Å²) in [7, 11) is -3.46. The van der Waals surface area contributed by atoms with E-state index in [4.69, 9.17) is 10.8 Å². The number of nitrogen functional groups attached to an aromatic ring is 1. The molecule has 1 unspecified atom stereocenters. The van der Waals surface area contributed by atoms with Crippen LogP contribution >= 0.6 is 0 Å². The van der Waals surface area contributed by atoms with Crippen molar-refractivity contribution in [2.24, 2.45) is 5.92 Å². The van der Waals surface area contributed by atoms with E-state index >= 15 is 0 Å². The van der Waals surface area contributed by atoms with Crippen molar-refractivity contribution in [1.82, 2.24) is 4.31 Å². The fraction of sp³-hybridized carbons (Fsp3) is 0.538. The number of aryl methyl sites for hydroxylation is 1. The Bertz CT molecular complexity index is 557. The van der Waals surface area contributed by atoms with Gasteiger partial charge in [-0.15, -0.1) is 0 Å². The van der Waals surface area contributed by atoms with Crippen molar-refractivity contribution in [3.8, 4) is 0 Å². The molecule has 1 heterocycles.